The summed E-state index contributed by atoms with van der Waals surface area (Å²) in [5.41, 5.74) is 7.30. The van der Waals surface area contributed by atoms with Gasteiger partial charge in [0.15, 0.2) is 16.2 Å². The van der Waals surface area contributed by atoms with Gasteiger partial charge in [-0.15, -0.1) is 0 Å². The van der Waals surface area contributed by atoms with Gasteiger partial charge in [-0.1, -0.05) is 0 Å². The van der Waals surface area contributed by atoms with E-state index in [4.69, 9.17) is 5.73 Å². The summed E-state index contributed by atoms with van der Waals surface area (Å²) in [7, 11) is 0. The Balaban J connectivity index is 0.000000141. The van der Waals surface area contributed by atoms with Crippen LogP contribution in [0.2, 0.25) is 0 Å². The quantitative estimate of drug-likeness (QED) is 0.447. The molecule has 0 atom stereocenters. The highest BCUT2D eigenvalue weighted by molar-refractivity contribution is 7.71. The van der Waals surface area contributed by atoms with Gasteiger partial charge in [0.2, 0.25) is 0 Å². The SMILES string of the molecule is Cc1c[nH]c(=S)[nH]c1=O.Nc1ncnc2nc[nH]c12. The maximum atomic E-state index is 10.7. The normalized spacial score (nSPS) is 9.95. The van der Waals surface area contributed by atoms with E-state index in [2.05, 4.69) is 42.1 Å². The van der Waals surface area contributed by atoms with Crippen molar-refractivity contribution in [3.63, 3.8) is 0 Å². The van der Waals surface area contributed by atoms with Crippen LogP contribution in [0.25, 0.3) is 11.2 Å². The minimum atomic E-state index is -0.126. The van der Waals surface area contributed by atoms with Crippen molar-refractivity contribution in [3.05, 3.63) is 39.5 Å². The maximum Gasteiger partial charge on any atom is 0.254 e. The standard InChI is InChI=1S/C5H5N5.C5H6N2OS/c6-4-3-5(9-1-7-3)10-2-8-4;1-3-2-6-5(9)7-4(3)8/h1-2H,(H3,6,7,8,9,10);2H,1H3,(H2,6,7,8,9). The van der Waals surface area contributed by atoms with Crippen LogP contribution >= 0.6 is 12.2 Å². The number of fused-ring (bicyclic) bond motifs is 1. The third-order valence-electron chi connectivity index (χ3n) is 2.26. The third kappa shape index (κ3) is 3.01. The number of rotatable bonds is 0. The van der Waals surface area contributed by atoms with Gasteiger partial charge in [-0.3, -0.25) is 9.78 Å². The highest BCUT2D eigenvalue weighted by Crippen LogP contribution is 2.09. The second kappa shape index (κ2) is 5.40. The smallest absolute Gasteiger partial charge is 0.254 e. The maximum absolute atomic E-state index is 10.7. The lowest BCUT2D eigenvalue weighted by atomic mass is 10.4. The summed E-state index contributed by atoms with van der Waals surface area (Å²) in [4.78, 5) is 30.2. The van der Waals surface area contributed by atoms with E-state index in [-0.39, 0.29) is 5.56 Å². The van der Waals surface area contributed by atoms with Gasteiger partial charge in [0.25, 0.3) is 5.56 Å². The number of anilines is 1. The molecule has 19 heavy (non-hydrogen) atoms. The van der Waals surface area contributed by atoms with Crippen LogP contribution in [-0.2, 0) is 0 Å². The summed E-state index contributed by atoms with van der Waals surface area (Å²) >= 11 is 4.65. The minimum absolute atomic E-state index is 0.126. The number of nitrogen functional groups attached to an aromatic ring is 1. The van der Waals surface area contributed by atoms with Crippen LogP contribution in [-0.4, -0.2) is 29.9 Å². The van der Waals surface area contributed by atoms with Crippen molar-refractivity contribution in [1.29, 1.82) is 0 Å². The van der Waals surface area contributed by atoms with E-state index in [0.717, 1.165) is 0 Å². The van der Waals surface area contributed by atoms with E-state index in [1.807, 2.05) is 0 Å². The molecule has 0 amide bonds. The van der Waals surface area contributed by atoms with Gasteiger partial charge in [-0.25, -0.2) is 15.0 Å². The van der Waals surface area contributed by atoms with Crippen LogP contribution in [0, 0.1) is 11.7 Å². The number of hydrogen-bond acceptors (Lipinski definition) is 6. The molecule has 3 aromatic heterocycles. The number of aromatic nitrogens is 6. The van der Waals surface area contributed by atoms with Gasteiger partial charge in [-0.2, -0.15) is 0 Å². The topological polar surface area (TPSA) is 129 Å². The molecular weight excluding hydrogens is 266 g/mol. The molecule has 3 heterocycles. The molecule has 5 N–H and O–H groups in total. The van der Waals surface area contributed by atoms with Gasteiger partial charge in [-0.05, 0) is 19.1 Å². The Morgan fingerprint density at radius 1 is 1.26 bits per heavy atom. The number of H-pyrrole nitrogens is 3. The molecule has 3 aromatic rings. The minimum Gasteiger partial charge on any atom is -0.382 e. The molecular formula is C10H11N7OS. The average molecular weight is 277 g/mol. The Bertz CT molecular complexity index is 803. The molecule has 0 spiro atoms. The fourth-order valence-corrected chi connectivity index (χ4v) is 1.41. The first kappa shape index (κ1) is 12.9. The van der Waals surface area contributed by atoms with Crippen molar-refractivity contribution >= 4 is 29.2 Å². The lowest BCUT2D eigenvalue weighted by molar-refractivity contribution is 1.05. The Hall–Kier alpha value is -2.55. The number of nitrogens with zero attached hydrogens (tertiary/aromatic N) is 3. The molecule has 98 valence electrons. The van der Waals surface area contributed by atoms with Crippen molar-refractivity contribution in [2.24, 2.45) is 0 Å². The zero-order chi connectivity index (χ0) is 13.8. The van der Waals surface area contributed by atoms with E-state index >= 15 is 0 Å². The van der Waals surface area contributed by atoms with Gasteiger partial charge in [0.1, 0.15) is 11.8 Å². The first-order valence-corrected chi connectivity index (χ1v) is 5.67. The molecule has 9 heteroatoms. The Kier molecular flexibility index (Phi) is 3.66. The molecule has 0 aromatic carbocycles. The first-order chi connectivity index (χ1) is 9.08. The van der Waals surface area contributed by atoms with Crippen molar-refractivity contribution in [1.82, 2.24) is 29.9 Å². The highest BCUT2D eigenvalue weighted by atomic mass is 32.1. The van der Waals surface area contributed by atoms with E-state index in [1.54, 1.807) is 13.1 Å². The molecule has 0 radical (unpaired) electrons. The Labute approximate surface area is 112 Å². The van der Waals surface area contributed by atoms with Crippen molar-refractivity contribution < 1.29 is 0 Å². The summed E-state index contributed by atoms with van der Waals surface area (Å²) in [6.07, 6.45) is 4.51. The second-order valence-electron chi connectivity index (χ2n) is 3.61. The summed E-state index contributed by atoms with van der Waals surface area (Å²) in [5, 5.41) is 0. The average Bonchev–Trinajstić information content (AvgIpc) is 2.85. The number of hydrogen-bond donors (Lipinski definition) is 4. The lowest BCUT2D eigenvalue weighted by Crippen LogP contribution is -2.09. The first-order valence-electron chi connectivity index (χ1n) is 5.26. The number of imidazole rings is 1. The van der Waals surface area contributed by atoms with Gasteiger partial charge in [0.05, 0.1) is 6.33 Å². The predicted octanol–water partition coefficient (Wildman–Crippen LogP) is 0.676. The summed E-state index contributed by atoms with van der Waals surface area (Å²) in [6, 6.07) is 0. The predicted molar refractivity (Wildman–Crippen MR) is 73.1 cm³/mol. The third-order valence-corrected chi connectivity index (χ3v) is 2.48. The Morgan fingerprint density at radius 3 is 2.68 bits per heavy atom. The monoisotopic (exact) mass is 277 g/mol. The van der Waals surface area contributed by atoms with Gasteiger partial charge >= 0.3 is 0 Å². The molecule has 8 nitrogen and oxygen atoms in total. The van der Waals surface area contributed by atoms with Gasteiger partial charge < -0.3 is 15.7 Å². The van der Waals surface area contributed by atoms with Crippen LogP contribution < -0.4 is 11.3 Å². The summed E-state index contributed by atoms with van der Waals surface area (Å²) in [5.74, 6) is 0.433. The van der Waals surface area contributed by atoms with E-state index in [9.17, 15) is 4.79 Å². The Morgan fingerprint density at radius 2 is 2.05 bits per heavy atom. The fraction of sp³-hybridized carbons (Fsp3) is 0.100. The molecule has 0 bridgehead atoms. The van der Waals surface area contributed by atoms with Gasteiger partial charge in [0, 0.05) is 11.8 Å². The summed E-state index contributed by atoms with van der Waals surface area (Å²) < 4.78 is 0.366. The zero-order valence-electron chi connectivity index (χ0n) is 9.97. The number of nitrogens with two attached hydrogens (primary N) is 1. The van der Waals surface area contributed by atoms with Crippen LogP contribution in [0.1, 0.15) is 5.56 Å². The zero-order valence-corrected chi connectivity index (χ0v) is 10.8. The van der Waals surface area contributed by atoms with Crippen molar-refractivity contribution in [3.8, 4) is 0 Å². The fourth-order valence-electron chi connectivity index (χ4n) is 1.26. The largest absolute Gasteiger partial charge is 0.382 e. The number of aromatic amines is 3. The van der Waals surface area contributed by atoms with Crippen LogP contribution in [0.5, 0.6) is 0 Å². The number of aryl methyl sites for hydroxylation is 1. The lowest BCUT2D eigenvalue weighted by Gasteiger charge is -1.89. The van der Waals surface area contributed by atoms with Crippen LogP contribution in [0.15, 0.2) is 23.6 Å². The summed E-state index contributed by atoms with van der Waals surface area (Å²) in [6.45, 7) is 1.71. The molecule has 0 saturated carbocycles. The van der Waals surface area contributed by atoms with Crippen LogP contribution in [0.4, 0.5) is 5.82 Å². The molecule has 0 aliphatic heterocycles. The molecule has 3 rings (SSSR count). The van der Waals surface area contributed by atoms with E-state index in [0.29, 0.717) is 27.3 Å². The van der Waals surface area contributed by atoms with Crippen molar-refractivity contribution in [2.75, 3.05) is 5.73 Å². The second-order valence-corrected chi connectivity index (χ2v) is 4.02. The molecule has 0 fully saturated rings. The molecule has 0 aliphatic carbocycles. The highest BCUT2D eigenvalue weighted by Gasteiger charge is 1.99. The van der Waals surface area contributed by atoms with E-state index in [1.165, 1.54) is 12.7 Å². The van der Waals surface area contributed by atoms with E-state index < -0.39 is 0 Å². The molecule has 0 saturated heterocycles. The van der Waals surface area contributed by atoms with Crippen molar-refractivity contribution in [2.45, 2.75) is 6.92 Å². The van der Waals surface area contributed by atoms with Crippen LogP contribution in [0.3, 0.4) is 0 Å². The molecule has 0 aliphatic rings. The molecule has 0 unspecified atom stereocenters. The number of nitrogens with one attached hydrogen (secondary N) is 3.